The zero-order chi connectivity index (χ0) is 17.1. The summed E-state index contributed by atoms with van der Waals surface area (Å²) in [6.45, 7) is 8.87. The van der Waals surface area contributed by atoms with Crippen molar-refractivity contribution in [1.82, 2.24) is 24.6 Å². The van der Waals surface area contributed by atoms with Gasteiger partial charge < -0.3 is 4.74 Å². The van der Waals surface area contributed by atoms with Gasteiger partial charge in [0.05, 0.1) is 13.2 Å². The quantitative estimate of drug-likeness (QED) is 0.850. The van der Waals surface area contributed by atoms with E-state index in [1.165, 1.54) is 0 Å². The third-order valence-corrected chi connectivity index (χ3v) is 4.25. The molecule has 128 valence electrons. The van der Waals surface area contributed by atoms with E-state index in [2.05, 4.69) is 20.0 Å². The second kappa shape index (κ2) is 7.19. The second-order valence-corrected chi connectivity index (χ2v) is 6.25. The highest BCUT2D eigenvalue weighted by Crippen LogP contribution is 2.18. The van der Waals surface area contributed by atoms with E-state index in [0.29, 0.717) is 24.7 Å². The molecule has 1 atom stereocenters. The minimum atomic E-state index is -0.141. The molecule has 2 aromatic heterocycles. The Balaban J connectivity index is 2.07. The van der Waals surface area contributed by atoms with E-state index in [0.717, 1.165) is 18.7 Å². The number of morpholine rings is 1. The molecule has 7 nitrogen and oxygen atoms in total. The highest BCUT2D eigenvalue weighted by molar-refractivity contribution is 5.52. The smallest absolute Gasteiger partial charge is 0.290 e. The summed E-state index contributed by atoms with van der Waals surface area (Å²) in [5, 5.41) is 4.53. The van der Waals surface area contributed by atoms with Crippen molar-refractivity contribution in [3.05, 3.63) is 40.6 Å². The Morgan fingerprint density at radius 2 is 1.96 bits per heavy atom. The zero-order valence-electron chi connectivity index (χ0n) is 14.3. The van der Waals surface area contributed by atoms with Crippen LogP contribution < -0.4 is 5.56 Å². The Labute approximate surface area is 141 Å². The van der Waals surface area contributed by atoms with Crippen molar-refractivity contribution < 1.29 is 4.74 Å². The van der Waals surface area contributed by atoms with Crippen LogP contribution in [0.3, 0.4) is 0 Å². The van der Waals surface area contributed by atoms with Crippen molar-refractivity contribution in [3.8, 4) is 11.4 Å². The van der Waals surface area contributed by atoms with Crippen LogP contribution in [0.1, 0.15) is 38.5 Å². The first-order valence-corrected chi connectivity index (χ1v) is 8.31. The van der Waals surface area contributed by atoms with Gasteiger partial charge in [0.25, 0.3) is 5.56 Å². The fourth-order valence-corrected chi connectivity index (χ4v) is 2.80. The molecule has 1 aliphatic heterocycles. The normalized spacial score (nSPS) is 17.2. The summed E-state index contributed by atoms with van der Waals surface area (Å²) in [6, 6.07) is 3.75. The molecule has 0 aromatic carbocycles. The molecule has 0 spiro atoms. The molecule has 0 amide bonds. The lowest BCUT2D eigenvalue weighted by Crippen LogP contribution is -2.44. The minimum absolute atomic E-state index is 0.0269. The van der Waals surface area contributed by atoms with Crippen LogP contribution in [0.15, 0.2) is 29.3 Å². The van der Waals surface area contributed by atoms with Gasteiger partial charge in [-0.3, -0.25) is 14.7 Å². The molecule has 0 bridgehead atoms. The summed E-state index contributed by atoms with van der Waals surface area (Å²) in [5.41, 5.74) is 1.21. The standard InChI is InChI=1S/C17H23N5O2/c1-12(2)15-17(23)22(13(3)21-7-9-24-10-8-21)20-16(19-15)14-5-4-6-18-11-14/h4-6,11-13H,7-10H2,1-3H3. The van der Waals surface area contributed by atoms with E-state index in [-0.39, 0.29) is 17.6 Å². The van der Waals surface area contributed by atoms with Gasteiger partial charge in [-0.1, -0.05) is 13.8 Å². The van der Waals surface area contributed by atoms with Gasteiger partial charge in [0.1, 0.15) is 11.9 Å². The van der Waals surface area contributed by atoms with Gasteiger partial charge >= 0.3 is 0 Å². The number of hydrogen-bond donors (Lipinski definition) is 0. The van der Waals surface area contributed by atoms with E-state index in [1.54, 1.807) is 17.1 Å². The number of aromatic nitrogens is 4. The number of hydrogen-bond acceptors (Lipinski definition) is 6. The summed E-state index contributed by atoms with van der Waals surface area (Å²) in [6.07, 6.45) is 3.28. The van der Waals surface area contributed by atoms with Gasteiger partial charge in [0.2, 0.25) is 0 Å². The molecule has 1 saturated heterocycles. The van der Waals surface area contributed by atoms with Gasteiger partial charge in [-0.25, -0.2) is 9.67 Å². The number of pyridine rings is 1. The van der Waals surface area contributed by atoms with Crippen molar-refractivity contribution in [2.75, 3.05) is 26.3 Å². The van der Waals surface area contributed by atoms with Gasteiger partial charge in [-0.05, 0) is 19.1 Å². The molecule has 24 heavy (non-hydrogen) atoms. The Morgan fingerprint density at radius 1 is 1.21 bits per heavy atom. The number of nitrogens with zero attached hydrogens (tertiary/aromatic N) is 5. The fourth-order valence-electron chi connectivity index (χ4n) is 2.80. The van der Waals surface area contributed by atoms with Crippen molar-refractivity contribution in [2.24, 2.45) is 0 Å². The zero-order valence-corrected chi connectivity index (χ0v) is 14.3. The average Bonchev–Trinajstić information content (AvgIpc) is 2.62. The van der Waals surface area contributed by atoms with Gasteiger partial charge in [-0.15, -0.1) is 5.10 Å². The van der Waals surface area contributed by atoms with Crippen LogP contribution in [0, 0.1) is 0 Å². The second-order valence-electron chi connectivity index (χ2n) is 6.25. The molecular weight excluding hydrogens is 306 g/mol. The van der Waals surface area contributed by atoms with Crippen LogP contribution >= 0.6 is 0 Å². The molecule has 1 unspecified atom stereocenters. The summed E-state index contributed by atoms with van der Waals surface area (Å²) >= 11 is 0. The van der Waals surface area contributed by atoms with Crippen LogP contribution in [0.2, 0.25) is 0 Å². The van der Waals surface area contributed by atoms with E-state index >= 15 is 0 Å². The monoisotopic (exact) mass is 329 g/mol. The van der Waals surface area contributed by atoms with Gasteiger partial charge in [-0.2, -0.15) is 0 Å². The Morgan fingerprint density at radius 3 is 2.58 bits per heavy atom. The predicted octanol–water partition coefficient (Wildman–Crippen LogP) is 1.67. The largest absolute Gasteiger partial charge is 0.379 e. The Kier molecular flexibility index (Phi) is 5.01. The topological polar surface area (TPSA) is 73.1 Å². The number of rotatable bonds is 4. The van der Waals surface area contributed by atoms with Crippen molar-refractivity contribution in [2.45, 2.75) is 32.9 Å². The molecule has 3 rings (SSSR count). The molecule has 1 fully saturated rings. The lowest BCUT2D eigenvalue weighted by molar-refractivity contribution is -0.000994. The Bertz CT molecular complexity index is 738. The molecule has 3 heterocycles. The van der Waals surface area contributed by atoms with Gasteiger partial charge in [0.15, 0.2) is 5.82 Å². The SMILES string of the molecule is CC(C)c1nc(-c2cccnc2)nn(C(C)N2CCOCC2)c1=O. The average molecular weight is 329 g/mol. The van der Waals surface area contributed by atoms with E-state index in [1.807, 2.05) is 32.9 Å². The van der Waals surface area contributed by atoms with Crippen LogP contribution in [0.25, 0.3) is 11.4 Å². The highest BCUT2D eigenvalue weighted by atomic mass is 16.5. The first kappa shape index (κ1) is 16.7. The van der Waals surface area contributed by atoms with Crippen molar-refractivity contribution in [1.29, 1.82) is 0 Å². The molecule has 0 N–H and O–H groups in total. The van der Waals surface area contributed by atoms with E-state index < -0.39 is 0 Å². The van der Waals surface area contributed by atoms with Crippen molar-refractivity contribution in [3.63, 3.8) is 0 Å². The summed E-state index contributed by atoms with van der Waals surface area (Å²) in [4.78, 5) is 23.7. The molecule has 2 aromatic rings. The molecule has 0 saturated carbocycles. The lowest BCUT2D eigenvalue weighted by Gasteiger charge is -2.32. The van der Waals surface area contributed by atoms with E-state index in [9.17, 15) is 4.79 Å². The molecule has 1 aliphatic rings. The molecule has 7 heteroatoms. The Hall–Kier alpha value is -2.12. The summed E-state index contributed by atoms with van der Waals surface area (Å²) in [7, 11) is 0. The molecular formula is C17H23N5O2. The predicted molar refractivity (Wildman–Crippen MR) is 90.7 cm³/mol. The third kappa shape index (κ3) is 3.37. The summed E-state index contributed by atoms with van der Waals surface area (Å²) in [5.74, 6) is 0.561. The van der Waals surface area contributed by atoms with Gasteiger partial charge in [0, 0.05) is 37.0 Å². The maximum absolute atomic E-state index is 12.8. The van der Waals surface area contributed by atoms with Crippen LogP contribution in [-0.2, 0) is 4.74 Å². The van der Waals surface area contributed by atoms with Crippen LogP contribution in [-0.4, -0.2) is 51.0 Å². The minimum Gasteiger partial charge on any atom is -0.379 e. The lowest BCUT2D eigenvalue weighted by atomic mass is 10.1. The van der Waals surface area contributed by atoms with Crippen LogP contribution in [0.5, 0.6) is 0 Å². The van der Waals surface area contributed by atoms with Crippen LogP contribution in [0.4, 0.5) is 0 Å². The first-order valence-electron chi connectivity index (χ1n) is 8.31. The highest BCUT2D eigenvalue weighted by Gasteiger charge is 2.23. The third-order valence-electron chi connectivity index (χ3n) is 4.25. The molecule has 0 aliphatic carbocycles. The van der Waals surface area contributed by atoms with E-state index in [4.69, 9.17) is 4.74 Å². The van der Waals surface area contributed by atoms with Crippen molar-refractivity contribution >= 4 is 0 Å². The number of ether oxygens (including phenoxy) is 1. The summed E-state index contributed by atoms with van der Waals surface area (Å²) < 4.78 is 6.95. The maximum atomic E-state index is 12.8. The first-order chi connectivity index (χ1) is 11.6. The fraction of sp³-hybridized carbons (Fsp3) is 0.529. The molecule has 0 radical (unpaired) electrons. The maximum Gasteiger partial charge on any atom is 0.290 e.